The normalized spacial score (nSPS) is 24.6. The van der Waals surface area contributed by atoms with Crippen molar-refractivity contribution in [3.8, 4) is 0 Å². The molecule has 1 aliphatic rings. The van der Waals surface area contributed by atoms with Crippen LogP contribution in [0.1, 0.15) is 33.6 Å². The van der Waals surface area contributed by atoms with Crippen molar-refractivity contribution in [3.63, 3.8) is 0 Å². The lowest BCUT2D eigenvalue weighted by Crippen LogP contribution is -2.51. The van der Waals surface area contributed by atoms with Gasteiger partial charge >= 0.3 is 12.1 Å². The third-order valence-corrected chi connectivity index (χ3v) is 5.77. The summed E-state index contributed by atoms with van der Waals surface area (Å²) in [6.45, 7) is 7.86. The molecule has 0 radical (unpaired) electrons. The Hall–Kier alpha value is -1.70. The molecule has 31 heavy (non-hydrogen) atoms. The molecule has 0 aromatic carbocycles. The highest BCUT2D eigenvalue weighted by Crippen LogP contribution is 2.47. The van der Waals surface area contributed by atoms with E-state index in [1.165, 1.54) is 6.08 Å². The van der Waals surface area contributed by atoms with Crippen LogP contribution < -0.4 is 0 Å². The SMILES string of the molecule is C=CC[C@]1(CCOS(C)(=O)=O)[C@H](OS(C)(=O)=O)CN(C(=O)OC(C)(C)C)[C@@H]1C(=O)OC. The molecule has 11 nitrogen and oxygen atoms in total. The summed E-state index contributed by atoms with van der Waals surface area (Å²) in [5.41, 5.74) is -2.30. The lowest BCUT2D eigenvalue weighted by atomic mass is 9.73. The van der Waals surface area contributed by atoms with Gasteiger partial charge in [-0.2, -0.15) is 16.8 Å². The maximum absolute atomic E-state index is 12.9. The first-order valence-electron chi connectivity index (χ1n) is 9.37. The van der Waals surface area contributed by atoms with Gasteiger partial charge in [0.15, 0.2) is 0 Å². The maximum Gasteiger partial charge on any atom is 0.411 e. The summed E-state index contributed by atoms with van der Waals surface area (Å²) in [6.07, 6.45) is 0.887. The molecular weight excluding hydrogens is 454 g/mol. The molecule has 0 aliphatic carbocycles. The molecule has 3 atom stereocenters. The summed E-state index contributed by atoms with van der Waals surface area (Å²) in [6, 6.07) is -1.33. The number of nitrogens with zero attached hydrogens (tertiary/aromatic N) is 1. The van der Waals surface area contributed by atoms with E-state index in [1.807, 2.05) is 0 Å². The molecule has 0 spiro atoms. The molecule has 0 aromatic heterocycles. The van der Waals surface area contributed by atoms with Crippen LogP contribution in [0.4, 0.5) is 4.79 Å². The number of rotatable bonds is 9. The van der Waals surface area contributed by atoms with Gasteiger partial charge in [-0.3, -0.25) is 13.3 Å². The Bertz CT molecular complexity index is 891. The van der Waals surface area contributed by atoms with Gasteiger partial charge in [0.05, 0.1) is 32.8 Å². The van der Waals surface area contributed by atoms with E-state index in [-0.39, 0.29) is 26.0 Å². The number of methoxy groups -OCH3 is 1. The van der Waals surface area contributed by atoms with Crippen molar-refractivity contribution in [2.24, 2.45) is 5.41 Å². The van der Waals surface area contributed by atoms with Gasteiger partial charge in [-0.05, 0) is 33.6 Å². The van der Waals surface area contributed by atoms with E-state index in [0.717, 1.165) is 24.5 Å². The van der Waals surface area contributed by atoms with Gasteiger partial charge in [0.1, 0.15) is 17.7 Å². The van der Waals surface area contributed by atoms with E-state index in [9.17, 15) is 26.4 Å². The van der Waals surface area contributed by atoms with Crippen LogP contribution in [0.5, 0.6) is 0 Å². The molecule has 1 saturated heterocycles. The average Bonchev–Trinajstić information content (AvgIpc) is 2.84. The molecule has 1 fully saturated rings. The minimum atomic E-state index is -4.01. The van der Waals surface area contributed by atoms with E-state index in [4.69, 9.17) is 17.8 Å². The van der Waals surface area contributed by atoms with E-state index in [0.29, 0.717) is 0 Å². The topological polar surface area (TPSA) is 143 Å². The minimum absolute atomic E-state index is 0.000622. The minimum Gasteiger partial charge on any atom is -0.467 e. The Labute approximate surface area is 183 Å². The largest absolute Gasteiger partial charge is 0.467 e. The standard InChI is InChI=1S/C18H31NO10S2/c1-8-9-18(10-11-27-30(6,22)23)13(29-31(7,24)25)12-19(14(18)15(20)26-5)16(21)28-17(2,3)4/h8,13-14H,1,9-12H2,2-7H3/t13-,14-,18+/m1/s1. The molecule has 1 heterocycles. The number of esters is 1. The average molecular weight is 486 g/mol. The highest BCUT2D eigenvalue weighted by molar-refractivity contribution is 7.86. The van der Waals surface area contributed by atoms with Crippen molar-refractivity contribution in [1.29, 1.82) is 0 Å². The summed E-state index contributed by atoms with van der Waals surface area (Å²) in [5, 5.41) is 0. The van der Waals surface area contributed by atoms with Gasteiger partial charge in [0, 0.05) is 5.41 Å². The molecular formula is C18H31NO10S2. The number of amides is 1. The van der Waals surface area contributed by atoms with Crippen LogP contribution in [0.3, 0.4) is 0 Å². The third-order valence-electron chi connectivity index (χ3n) is 4.59. The van der Waals surface area contributed by atoms with Crippen LogP contribution in [-0.4, -0.2) is 84.3 Å². The van der Waals surface area contributed by atoms with Gasteiger partial charge in [-0.1, -0.05) is 6.08 Å². The van der Waals surface area contributed by atoms with Gasteiger partial charge in [0.2, 0.25) is 0 Å². The third kappa shape index (κ3) is 7.74. The second-order valence-electron chi connectivity index (χ2n) is 8.35. The number of hydrogen-bond donors (Lipinski definition) is 0. The van der Waals surface area contributed by atoms with Gasteiger partial charge < -0.3 is 9.47 Å². The first-order valence-corrected chi connectivity index (χ1v) is 13.0. The fraction of sp³-hybridized carbons (Fsp3) is 0.778. The van der Waals surface area contributed by atoms with Crippen molar-refractivity contribution >= 4 is 32.3 Å². The molecule has 1 aliphatic heterocycles. The van der Waals surface area contributed by atoms with E-state index in [1.54, 1.807) is 20.8 Å². The molecule has 0 N–H and O–H groups in total. The molecule has 0 bridgehead atoms. The van der Waals surface area contributed by atoms with Gasteiger partial charge in [-0.15, -0.1) is 6.58 Å². The summed E-state index contributed by atoms with van der Waals surface area (Å²) in [5.74, 6) is -0.841. The number of ether oxygens (including phenoxy) is 2. The van der Waals surface area contributed by atoms with Crippen molar-refractivity contribution in [2.75, 3.05) is 32.8 Å². The summed E-state index contributed by atoms with van der Waals surface area (Å²) in [7, 11) is -6.71. The lowest BCUT2D eigenvalue weighted by molar-refractivity contribution is -0.150. The number of allylic oxidation sites excluding steroid dienone is 1. The molecule has 13 heteroatoms. The first-order chi connectivity index (χ1) is 14.0. The molecule has 0 saturated carbocycles. The monoisotopic (exact) mass is 485 g/mol. The van der Waals surface area contributed by atoms with E-state index < -0.39 is 55.5 Å². The first kappa shape index (κ1) is 27.3. The van der Waals surface area contributed by atoms with Crippen LogP contribution in [0.2, 0.25) is 0 Å². The second kappa shape index (κ2) is 9.84. The van der Waals surface area contributed by atoms with Crippen LogP contribution in [0.15, 0.2) is 12.7 Å². The second-order valence-corrected chi connectivity index (χ2v) is 11.6. The predicted octanol–water partition coefficient (Wildman–Crippen LogP) is 1.05. The highest BCUT2D eigenvalue weighted by atomic mass is 32.2. The number of hydrogen-bond acceptors (Lipinski definition) is 10. The van der Waals surface area contributed by atoms with Crippen LogP contribution in [-0.2, 0) is 42.9 Å². The fourth-order valence-corrected chi connectivity index (χ4v) is 4.62. The predicted molar refractivity (Wildman–Crippen MR) is 111 cm³/mol. The molecule has 180 valence electrons. The van der Waals surface area contributed by atoms with Crippen molar-refractivity contribution < 1.29 is 44.3 Å². The van der Waals surface area contributed by atoms with Gasteiger partial charge in [0.25, 0.3) is 20.2 Å². The van der Waals surface area contributed by atoms with Crippen LogP contribution in [0.25, 0.3) is 0 Å². The number of carbonyl (C=O) groups is 2. The van der Waals surface area contributed by atoms with Crippen LogP contribution in [0, 0.1) is 5.41 Å². The smallest absolute Gasteiger partial charge is 0.411 e. The Morgan fingerprint density at radius 1 is 1.16 bits per heavy atom. The quantitative estimate of drug-likeness (QED) is 0.264. The molecule has 1 rings (SSSR count). The summed E-state index contributed by atoms with van der Waals surface area (Å²) >= 11 is 0. The highest BCUT2D eigenvalue weighted by Gasteiger charge is 2.60. The van der Waals surface area contributed by atoms with Crippen molar-refractivity contribution in [3.05, 3.63) is 12.7 Å². The Kier molecular flexibility index (Phi) is 8.68. The Morgan fingerprint density at radius 3 is 2.16 bits per heavy atom. The molecule has 0 unspecified atom stereocenters. The Balaban J connectivity index is 3.55. The zero-order chi connectivity index (χ0) is 24.3. The molecule has 1 amide bonds. The van der Waals surface area contributed by atoms with E-state index in [2.05, 4.69) is 6.58 Å². The zero-order valence-corrected chi connectivity index (χ0v) is 20.2. The van der Waals surface area contributed by atoms with Crippen molar-refractivity contribution in [2.45, 2.75) is 51.4 Å². The maximum atomic E-state index is 12.9. The molecule has 0 aromatic rings. The van der Waals surface area contributed by atoms with Crippen molar-refractivity contribution in [1.82, 2.24) is 4.90 Å². The lowest BCUT2D eigenvalue weighted by Gasteiger charge is -2.37. The Morgan fingerprint density at radius 2 is 1.74 bits per heavy atom. The number of likely N-dealkylation sites (tertiary alicyclic amines) is 1. The van der Waals surface area contributed by atoms with E-state index >= 15 is 0 Å². The van der Waals surface area contributed by atoms with Crippen LogP contribution >= 0.6 is 0 Å². The summed E-state index contributed by atoms with van der Waals surface area (Å²) in [4.78, 5) is 26.7. The zero-order valence-electron chi connectivity index (χ0n) is 18.6. The summed E-state index contributed by atoms with van der Waals surface area (Å²) < 4.78 is 67.1. The van der Waals surface area contributed by atoms with Gasteiger partial charge in [-0.25, -0.2) is 9.59 Å². The number of carbonyl (C=O) groups excluding carboxylic acids is 2. The fourth-order valence-electron chi connectivity index (χ4n) is 3.56.